The highest BCUT2D eigenvalue weighted by Gasteiger charge is 2.36. The summed E-state index contributed by atoms with van der Waals surface area (Å²) in [4.78, 5) is 17.6. The van der Waals surface area contributed by atoms with Gasteiger partial charge in [0.25, 0.3) is 10.0 Å². The van der Waals surface area contributed by atoms with Crippen LogP contribution in [-0.2, 0) is 21.3 Å². The van der Waals surface area contributed by atoms with Crippen molar-refractivity contribution in [1.29, 1.82) is 0 Å². The van der Waals surface area contributed by atoms with Gasteiger partial charge in [0, 0.05) is 59.3 Å². The summed E-state index contributed by atoms with van der Waals surface area (Å²) >= 11 is 6.88. The van der Waals surface area contributed by atoms with Gasteiger partial charge in [-0.2, -0.15) is 4.37 Å². The van der Waals surface area contributed by atoms with E-state index in [-0.39, 0.29) is 36.7 Å². The summed E-state index contributed by atoms with van der Waals surface area (Å²) in [6, 6.07) is 13.4. The lowest BCUT2D eigenvalue weighted by Crippen LogP contribution is -2.46. The zero-order valence-corrected chi connectivity index (χ0v) is 30.4. The fourth-order valence-electron chi connectivity index (χ4n) is 5.65. The number of nitrogens with zero attached hydrogens (tertiary/aromatic N) is 4. The Bertz CT molecular complexity index is 1910. The topological polar surface area (TPSA) is 120 Å². The van der Waals surface area contributed by atoms with E-state index in [0.29, 0.717) is 47.2 Å². The number of likely N-dealkylation sites (tertiary alicyclic amines) is 1. The first kappa shape index (κ1) is 37.1. The molecule has 1 amide bonds. The van der Waals surface area contributed by atoms with E-state index in [4.69, 9.17) is 30.5 Å². The van der Waals surface area contributed by atoms with Gasteiger partial charge in [0.1, 0.15) is 34.1 Å². The zero-order chi connectivity index (χ0) is 36.2. The number of sulfonamides is 1. The normalized spacial score (nSPS) is 16.5. The number of methoxy groups -OCH3 is 2. The lowest BCUT2D eigenvalue weighted by atomic mass is 9.81. The Labute approximate surface area is 298 Å². The van der Waals surface area contributed by atoms with Crippen LogP contribution in [0.15, 0.2) is 65.8 Å². The molecule has 11 nitrogen and oxygen atoms in total. The van der Waals surface area contributed by atoms with Gasteiger partial charge in [0.2, 0.25) is 5.13 Å². The van der Waals surface area contributed by atoms with E-state index in [1.54, 1.807) is 56.0 Å². The van der Waals surface area contributed by atoms with Crippen molar-refractivity contribution in [2.45, 2.75) is 50.2 Å². The van der Waals surface area contributed by atoms with Crippen molar-refractivity contribution in [1.82, 2.24) is 14.3 Å². The van der Waals surface area contributed by atoms with E-state index in [0.717, 1.165) is 27.7 Å². The maximum atomic E-state index is 15.8. The first-order valence-corrected chi connectivity index (χ1v) is 18.1. The maximum Gasteiger partial charge on any atom is 0.410 e. The number of aromatic nitrogens is 2. The molecule has 1 fully saturated rings. The third-order valence-corrected chi connectivity index (χ3v) is 10.9. The Balaban J connectivity index is 1.41. The molecule has 0 N–H and O–H groups in total. The second kappa shape index (κ2) is 15.4. The summed E-state index contributed by atoms with van der Waals surface area (Å²) < 4.78 is 86.2. The van der Waals surface area contributed by atoms with Gasteiger partial charge in [0.15, 0.2) is 11.6 Å². The van der Waals surface area contributed by atoms with Crippen LogP contribution < -0.4 is 18.5 Å². The van der Waals surface area contributed by atoms with Gasteiger partial charge in [-0.15, -0.1) is 0 Å². The van der Waals surface area contributed by atoms with E-state index in [9.17, 15) is 13.2 Å². The quantitative estimate of drug-likeness (QED) is 0.156. The monoisotopic (exact) mass is 750 g/mol. The minimum absolute atomic E-state index is 0.0666. The molecule has 0 bridgehead atoms. The van der Waals surface area contributed by atoms with Crippen molar-refractivity contribution >= 4 is 44.4 Å². The molecule has 2 atom stereocenters. The Hall–Kier alpha value is -4.21. The first-order valence-electron chi connectivity index (χ1n) is 15.6. The molecule has 2 heterocycles. The number of piperidine rings is 1. The molecule has 1 aromatic heterocycles. The minimum atomic E-state index is -4.73. The van der Waals surface area contributed by atoms with Gasteiger partial charge in [-0.3, -0.25) is 0 Å². The average molecular weight is 751 g/mol. The molecule has 0 saturated carbocycles. The molecule has 16 heteroatoms. The van der Waals surface area contributed by atoms with Crippen LogP contribution in [0.3, 0.4) is 0 Å². The molecule has 0 radical (unpaired) electrons. The highest BCUT2D eigenvalue weighted by molar-refractivity contribution is 7.93. The Kier molecular flexibility index (Phi) is 11.4. The lowest BCUT2D eigenvalue weighted by Gasteiger charge is -2.39. The summed E-state index contributed by atoms with van der Waals surface area (Å²) in [7, 11) is -1.85. The van der Waals surface area contributed by atoms with Gasteiger partial charge in [0.05, 0.1) is 27.4 Å². The number of ether oxygens (including phenoxy) is 4. The van der Waals surface area contributed by atoms with Crippen LogP contribution in [0.5, 0.6) is 17.2 Å². The van der Waals surface area contributed by atoms with Crippen LogP contribution in [0.4, 0.5) is 18.7 Å². The second-order valence-corrected chi connectivity index (χ2v) is 15.6. The summed E-state index contributed by atoms with van der Waals surface area (Å²) in [5.74, 6) is -2.47. The van der Waals surface area contributed by atoms with Gasteiger partial charge < -0.3 is 23.8 Å². The highest BCUT2D eigenvalue weighted by Crippen LogP contribution is 2.37. The highest BCUT2D eigenvalue weighted by atomic mass is 35.5. The Morgan fingerprint density at radius 2 is 1.78 bits per heavy atom. The van der Waals surface area contributed by atoms with Crippen molar-refractivity contribution in [2.75, 3.05) is 38.2 Å². The Morgan fingerprint density at radius 1 is 1.04 bits per heavy atom. The van der Waals surface area contributed by atoms with E-state index in [1.165, 1.54) is 14.2 Å². The third kappa shape index (κ3) is 8.56. The zero-order valence-electron chi connectivity index (χ0n) is 28.1. The van der Waals surface area contributed by atoms with Crippen LogP contribution in [0.1, 0.15) is 44.2 Å². The predicted molar refractivity (Wildman–Crippen MR) is 185 cm³/mol. The fraction of sp³-hybridized carbons (Fsp3) is 0.382. The fourth-order valence-corrected chi connectivity index (χ4v) is 7.96. The van der Waals surface area contributed by atoms with Gasteiger partial charge in [-0.25, -0.2) is 31.3 Å². The van der Waals surface area contributed by atoms with Crippen LogP contribution in [0.2, 0.25) is 5.02 Å². The number of carbonyl (C=O) groups is 1. The van der Waals surface area contributed by atoms with Gasteiger partial charge in [-0.05, 0) is 62.9 Å². The maximum absolute atomic E-state index is 15.8. The Morgan fingerprint density at radius 3 is 2.42 bits per heavy atom. The van der Waals surface area contributed by atoms with Crippen LogP contribution in [-0.4, -0.2) is 68.3 Å². The molecular formula is C34H37ClF2N4O7S2. The minimum Gasteiger partial charge on any atom is -0.497 e. The van der Waals surface area contributed by atoms with Crippen LogP contribution >= 0.6 is 23.1 Å². The molecule has 1 saturated heterocycles. The summed E-state index contributed by atoms with van der Waals surface area (Å²) in [6.07, 6.45) is 1.23. The largest absolute Gasteiger partial charge is 0.497 e. The van der Waals surface area contributed by atoms with Crippen molar-refractivity contribution in [2.24, 2.45) is 5.92 Å². The van der Waals surface area contributed by atoms with E-state index in [2.05, 4.69) is 9.36 Å². The van der Waals surface area contributed by atoms with Gasteiger partial charge >= 0.3 is 6.09 Å². The van der Waals surface area contributed by atoms with Crippen LogP contribution in [0, 0.1) is 17.6 Å². The van der Waals surface area contributed by atoms with Crippen LogP contribution in [0.25, 0.3) is 0 Å². The molecule has 1 aliphatic rings. The smallest absolute Gasteiger partial charge is 0.410 e. The molecular weight excluding hydrogens is 714 g/mol. The lowest BCUT2D eigenvalue weighted by molar-refractivity contribution is 0.0110. The van der Waals surface area contributed by atoms with Crippen molar-refractivity contribution in [3.63, 3.8) is 0 Å². The average Bonchev–Trinajstić information content (AvgIpc) is 3.61. The number of rotatable bonds is 11. The number of carbonyl (C=O) groups excluding carboxylic acids is 1. The van der Waals surface area contributed by atoms with E-state index < -0.39 is 44.0 Å². The van der Waals surface area contributed by atoms with E-state index in [1.807, 2.05) is 12.1 Å². The molecule has 1 unspecified atom stereocenters. The predicted octanol–water partition coefficient (Wildman–Crippen LogP) is 7.30. The molecule has 268 valence electrons. The molecule has 5 rings (SSSR count). The number of benzene rings is 3. The van der Waals surface area contributed by atoms with E-state index >= 15 is 8.78 Å². The second-order valence-electron chi connectivity index (χ2n) is 12.6. The number of halogens is 3. The SMILES string of the molecule is COc1ccc(CN(c2ncns2)S(=O)(=O)c2cc(F)c(OCC3CN(C(=O)OC(C)(C)C)CC[C@H]3c3ccc(Cl)cc3)cc2F)c(OC)c1. The molecule has 0 aliphatic carbocycles. The number of anilines is 1. The van der Waals surface area contributed by atoms with Crippen molar-refractivity contribution in [3.05, 3.63) is 88.7 Å². The molecule has 1 aliphatic heterocycles. The molecule has 3 aromatic carbocycles. The standard InChI is InChI=1S/C34H37ClF2N4O7S2/c1-34(2,3)48-33(42)40-13-12-26(21-6-9-24(35)10-7-21)23(17-40)19-47-30-15-28(37)31(16-27(30)36)50(43,44)41(32-38-20-39-49-32)18-22-8-11-25(45-4)14-29(22)46-5/h6-11,14-16,20,23,26H,12-13,17-19H2,1-5H3/t23?,26-/m0/s1. The number of hydrogen-bond acceptors (Lipinski definition) is 10. The molecule has 50 heavy (non-hydrogen) atoms. The summed E-state index contributed by atoms with van der Waals surface area (Å²) in [5, 5.41) is 0.497. The van der Waals surface area contributed by atoms with Gasteiger partial charge in [-0.1, -0.05) is 23.7 Å². The third-order valence-electron chi connectivity index (χ3n) is 8.06. The summed E-state index contributed by atoms with van der Waals surface area (Å²) in [6.45, 7) is 5.53. The summed E-state index contributed by atoms with van der Waals surface area (Å²) in [5.41, 5.74) is 0.659. The number of hydrogen-bond donors (Lipinski definition) is 0. The first-order chi connectivity index (χ1) is 23.7. The van der Waals surface area contributed by atoms with Crippen molar-refractivity contribution in [3.8, 4) is 17.2 Å². The van der Waals surface area contributed by atoms with Crippen molar-refractivity contribution < 1.29 is 40.9 Å². The molecule has 4 aromatic rings. The molecule has 0 spiro atoms. The number of amides is 1.